The Bertz CT molecular complexity index is 412. The molecule has 0 bridgehead atoms. The van der Waals surface area contributed by atoms with Crippen LogP contribution in [0.1, 0.15) is 24.2 Å². The average Bonchev–Trinajstić information content (AvgIpc) is 3.22. The maximum absolute atomic E-state index is 11.1. The van der Waals surface area contributed by atoms with Crippen molar-refractivity contribution >= 4 is 12.0 Å². The van der Waals surface area contributed by atoms with Gasteiger partial charge in [0.2, 0.25) is 0 Å². The summed E-state index contributed by atoms with van der Waals surface area (Å²) in [6, 6.07) is 5.73. The first-order valence-corrected chi connectivity index (χ1v) is 6.37. The highest BCUT2D eigenvalue weighted by atomic mass is 16.6. The third-order valence-corrected chi connectivity index (χ3v) is 3.08. The van der Waals surface area contributed by atoms with Gasteiger partial charge in [-0.1, -0.05) is 0 Å². The van der Waals surface area contributed by atoms with E-state index in [0.29, 0.717) is 17.9 Å². The molecule has 1 aromatic rings. The minimum atomic E-state index is 0.201. The lowest BCUT2D eigenvalue weighted by atomic mass is 10.1. The molecule has 0 amide bonds. The van der Waals surface area contributed by atoms with Gasteiger partial charge >= 0.3 is 0 Å². The van der Waals surface area contributed by atoms with Gasteiger partial charge in [0.25, 0.3) is 0 Å². The van der Waals surface area contributed by atoms with Crippen LogP contribution in [0, 0.1) is 0 Å². The standard InChI is InChI=1S/C14H19NO3/c1-3-15(4-2)12-5-6-14(11(7-12)8-16)18-10-13-9-17-13/h5-8,13H,3-4,9-10H2,1-2H3. The summed E-state index contributed by atoms with van der Waals surface area (Å²) in [5.41, 5.74) is 1.65. The van der Waals surface area contributed by atoms with E-state index in [1.165, 1.54) is 0 Å². The fourth-order valence-corrected chi connectivity index (χ4v) is 1.89. The van der Waals surface area contributed by atoms with Gasteiger partial charge in [0.05, 0.1) is 12.2 Å². The summed E-state index contributed by atoms with van der Waals surface area (Å²) in [4.78, 5) is 13.3. The van der Waals surface area contributed by atoms with Crippen LogP contribution in [0.5, 0.6) is 5.75 Å². The molecule has 4 nitrogen and oxygen atoms in total. The second-order valence-electron chi connectivity index (χ2n) is 4.28. The molecule has 0 radical (unpaired) electrons. The molecule has 1 saturated heterocycles. The zero-order valence-corrected chi connectivity index (χ0v) is 10.9. The summed E-state index contributed by atoms with van der Waals surface area (Å²) in [6.07, 6.45) is 1.04. The van der Waals surface area contributed by atoms with Crippen LogP contribution in [-0.2, 0) is 4.74 Å². The van der Waals surface area contributed by atoms with Crippen molar-refractivity contribution in [3.63, 3.8) is 0 Å². The number of aldehydes is 1. The van der Waals surface area contributed by atoms with Crippen molar-refractivity contribution in [2.45, 2.75) is 20.0 Å². The topological polar surface area (TPSA) is 42.1 Å². The Hall–Kier alpha value is -1.55. The number of ether oxygens (including phenoxy) is 2. The Morgan fingerprint density at radius 1 is 1.44 bits per heavy atom. The molecule has 18 heavy (non-hydrogen) atoms. The Labute approximate surface area is 107 Å². The lowest BCUT2D eigenvalue weighted by Crippen LogP contribution is -2.21. The van der Waals surface area contributed by atoms with E-state index in [9.17, 15) is 4.79 Å². The number of epoxide rings is 1. The van der Waals surface area contributed by atoms with Gasteiger partial charge < -0.3 is 14.4 Å². The van der Waals surface area contributed by atoms with Gasteiger partial charge in [-0.25, -0.2) is 0 Å². The molecule has 0 saturated carbocycles. The van der Waals surface area contributed by atoms with Crippen LogP contribution in [0.2, 0.25) is 0 Å². The Morgan fingerprint density at radius 3 is 2.72 bits per heavy atom. The summed E-state index contributed by atoms with van der Waals surface area (Å²) in [5, 5.41) is 0. The van der Waals surface area contributed by atoms with Crippen LogP contribution in [-0.4, -0.2) is 38.7 Å². The molecule has 2 rings (SSSR count). The Morgan fingerprint density at radius 2 is 2.17 bits per heavy atom. The largest absolute Gasteiger partial charge is 0.490 e. The highest BCUT2D eigenvalue weighted by molar-refractivity contribution is 5.81. The fraction of sp³-hybridized carbons (Fsp3) is 0.500. The van der Waals surface area contributed by atoms with Crippen molar-refractivity contribution in [1.29, 1.82) is 0 Å². The SMILES string of the molecule is CCN(CC)c1ccc(OCC2CO2)c(C=O)c1. The normalized spacial score (nSPS) is 17.3. The smallest absolute Gasteiger partial charge is 0.153 e. The van der Waals surface area contributed by atoms with Crippen molar-refractivity contribution in [2.24, 2.45) is 0 Å². The van der Waals surface area contributed by atoms with Crippen molar-refractivity contribution in [3.8, 4) is 5.75 Å². The quantitative estimate of drug-likeness (QED) is 0.548. The number of anilines is 1. The summed E-state index contributed by atoms with van der Waals surface area (Å²) in [7, 11) is 0. The summed E-state index contributed by atoms with van der Waals surface area (Å²) in [6.45, 7) is 7.31. The monoisotopic (exact) mass is 249 g/mol. The van der Waals surface area contributed by atoms with Crippen LogP contribution >= 0.6 is 0 Å². The van der Waals surface area contributed by atoms with Gasteiger partial charge in [-0.05, 0) is 32.0 Å². The van der Waals surface area contributed by atoms with Crippen LogP contribution in [0.4, 0.5) is 5.69 Å². The summed E-state index contributed by atoms with van der Waals surface area (Å²) < 4.78 is 10.7. The highest BCUT2D eigenvalue weighted by Gasteiger charge is 2.23. The second-order valence-corrected chi connectivity index (χ2v) is 4.28. The Balaban J connectivity index is 2.13. The highest BCUT2D eigenvalue weighted by Crippen LogP contribution is 2.25. The molecule has 0 aliphatic carbocycles. The first-order chi connectivity index (χ1) is 8.78. The van der Waals surface area contributed by atoms with E-state index < -0.39 is 0 Å². The maximum Gasteiger partial charge on any atom is 0.153 e. The molecule has 1 aromatic carbocycles. The molecule has 98 valence electrons. The second kappa shape index (κ2) is 5.87. The van der Waals surface area contributed by atoms with Gasteiger partial charge in [-0.2, -0.15) is 0 Å². The number of carbonyl (C=O) groups excluding carboxylic acids is 1. The van der Waals surface area contributed by atoms with E-state index in [4.69, 9.17) is 9.47 Å². The molecular weight excluding hydrogens is 230 g/mol. The predicted molar refractivity (Wildman–Crippen MR) is 70.6 cm³/mol. The molecule has 0 spiro atoms. The van der Waals surface area contributed by atoms with Crippen LogP contribution < -0.4 is 9.64 Å². The maximum atomic E-state index is 11.1. The molecule has 1 unspecified atom stereocenters. The summed E-state index contributed by atoms with van der Waals surface area (Å²) >= 11 is 0. The van der Waals surface area contributed by atoms with Gasteiger partial charge in [-0.15, -0.1) is 0 Å². The van der Waals surface area contributed by atoms with Crippen molar-refractivity contribution in [2.75, 3.05) is 31.2 Å². The number of carbonyl (C=O) groups is 1. The van der Waals surface area contributed by atoms with E-state index in [0.717, 1.165) is 31.7 Å². The molecule has 1 aliphatic heterocycles. The molecular formula is C14H19NO3. The molecule has 1 fully saturated rings. The van der Waals surface area contributed by atoms with E-state index in [2.05, 4.69) is 18.7 Å². The zero-order chi connectivity index (χ0) is 13.0. The molecule has 1 aliphatic rings. The molecule has 0 aromatic heterocycles. The lowest BCUT2D eigenvalue weighted by Gasteiger charge is -2.21. The number of hydrogen-bond acceptors (Lipinski definition) is 4. The molecule has 1 atom stereocenters. The number of benzene rings is 1. The van der Waals surface area contributed by atoms with E-state index >= 15 is 0 Å². The molecule has 0 N–H and O–H groups in total. The number of nitrogens with zero attached hydrogens (tertiary/aromatic N) is 1. The van der Waals surface area contributed by atoms with E-state index in [-0.39, 0.29) is 6.10 Å². The zero-order valence-electron chi connectivity index (χ0n) is 10.9. The number of hydrogen-bond donors (Lipinski definition) is 0. The van der Waals surface area contributed by atoms with Gasteiger partial charge in [-0.3, -0.25) is 4.79 Å². The number of rotatable bonds is 7. The molecule has 1 heterocycles. The van der Waals surface area contributed by atoms with E-state index in [1.54, 1.807) is 0 Å². The fourth-order valence-electron chi connectivity index (χ4n) is 1.89. The minimum Gasteiger partial charge on any atom is -0.490 e. The third-order valence-electron chi connectivity index (χ3n) is 3.08. The van der Waals surface area contributed by atoms with Gasteiger partial charge in [0.15, 0.2) is 6.29 Å². The van der Waals surface area contributed by atoms with Crippen molar-refractivity contribution < 1.29 is 14.3 Å². The average molecular weight is 249 g/mol. The van der Waals surface area contributed by atoms with E-state index in [1.807, 2.05) is 18.2 Å². The third kappa shape index (κ3) is 3.01. The van der Waals surface area contributed by atoms with Crippen LogP contribution in [0.25, 0.3) is 0 Å². The first-order valence-electron chi connectivity index (χ1n) is 6.37. The van der Waals surface area contributed by atoms with Gasteiger partial charge in [0.1, 0.15) is 18.5 Å². The van der Waals surface area contributed by atoms with Crippen LogP contribution in [0.15, 0.2) is 18.2 Å². The summed E-state index contributed by atoms with van der Waals surface area (Å²) in [5.74, 6) is 0.636. The minimum absolute atomic E-state index is 0.201. The van der Waals surface area contributed by atoms with Crippen LogP contribution in [0.3, 0.4) is 0 Å². The molecule has 4 heteroatoms. The predicted octanol–water partition coefficient (Wildman–Crippen LogP) is 2.12. The van der Waals surface area contributed by atoms with Crippen molar-refractivity contribution in [3.05, 3.63) is 23.8 Å². The van der Waals surface area contributed by atoms with Crippen molar-refractivity contribution in [1.82, 2.24) is 0 Å². The van der Waals surface area contributed by atoms with Gasteiger partial charge in [0, 0.05) is 18.8 Å². The lowest BCUT2D eigenvalue weighted by molar-refractivity contribution is 0.111. The first kappa shape index (κ1) is 12.9. The Kier molecular flexibility index (Phi) is 4.20.